The summed E-state index contributed by atoms with van der Waals surface area (Å²) in [5, 5.41) is 3.69. The van der Waals surface area contributed by atoms with Gasteiger partial charge in [0.15, 0.2) is 0 Å². The molecule has 0 fully saturated rings. The molecule has 0 saturated carbocycles. The van der Waals surface area contributed by atoms with Crippen molar-refractivity contribution in [2.45, 2.75) is 31.6 Å². The maximum Gasteiger partial charge on any atom is 0.0387 e. The first-order valence-electron chi connectivity index (χ1n) is 10.6. The highest BCUT2D eigenvalue weighted by Crippen LogP contribution is 2.49. The molecule has 2 atom stereocenters. The molecule has 142 valence electrons. The molecule has 0 heterocycles. The quantitative estimate of drug-likeness (QED) is 0.518. The Morgan fingerprint density at radius 2 is 1.66 bits per heavy atom. The van der Waals surface area contributed by atoms with Gasteiger partial charge < -0.3 is 5.32 Å². The Balaban J connectivity index is 1.30. The zero-order chi connectivity index (χ0) is 19.6. The fraction of sp³-hybridized carbons (Fsp3) is 0.214. The largest absolute Gasteiger partial charge is 0.356 e. The summed E-state index contributed by atoms with van der Waals surface area (Å²) in [6.45, 7) is 4.67. The third-order valence-electron chi connectivity index (χ3n) is 7.08. The highest BCUT2D eigenvalue weighted by Gasteiger charge is 2.35. The molecular weight excluding hydrogens is 350 g/mol. The molecule has 6 rings (SSSR count). The van der Waals surface area contributed by atoms with Gasteiger partial charge in [-0.05, 0) is 63.9 Å². The van der Waals surface area contributed by atoms with Crippen molar-refractivity contribution in [2.24, 2.45) is 5.92 Å². The van der Waals surface area contributed by atoms with Crippen LogP contribution in [0.2, 0.25) is 0 Å². The van der Waals surface area contributed by atoms with Crippen LogP contribution in [0.25, 0.3) is 11.1 Å². The van der Waals surface area contributed by atoms with Gasteiger partial charge in [-0.25, -0.2) is 0 Å². The molecule has 3 aliphatic rings. The van der Waals surface area contributed by atoms with Gasteiger partial charge in [-0.2, -0.15) is 0 Å². The average molecular weight is 376 g/mol. The van der Waals surface area contributed by atoms with E-state index in [1.807, 2.05) is 0 Å². The lowest BCUT2D eigenvalue weighted by atomic mass is 9.82. The van der Waals surface area contributed by atoms with Crippen LogP contribution in [-0.2, 0) is 11.8 Å². The predicted molar refractivity (Wildman–Crippen MR) is 121 cm³/mol. The first-order chi connectivity index (χ1) is 14.1. The number of nitrogens with one attached hydrogen (secondary N) is 1. The molecule has 0 bridgehead atoms. The second-order valence-corrected chi connectivity index (χ2v) is 9.13. The topological polar surface area (TPSA) is 12.0 Å². The summed E-state index contributed by atoms with van der Waals surface area (Å²) in [4.78, 5) is 0. The van der Waals surface area contributed by atoms with Gasteiger partial charge in [0.05, 0.1) is 0 Å². The minimum Gasteiger partial charge on any atom is -0.356 e. The van der Waals surface area contributed by atoms with Gasteiger partial charge in [0, 0.05) is 22.7 Å². The number of hydrogen-bond donors (Lipinski definition) is 1. The Hall–Kier alpha value is -3.06. The molecule has 1 heteroatoms. The Labute approximate surface area is 172 Å². The van der Waals surface area contributed by atoms with Crippen molar-refractivity contribution in [3.8, 4) is 11.1 Å². The number of fused-ring (bicyclic) bond motifs is 6. The molecule has 29 heavy (non-hydrogen) atoms. The second kappa shape index (κ2) is 5.97. The second-order valence-electron chi connectivity index (χ2n) is 9.13. The Morgan fingerprint density at radius 3 is 2.59 bits per heavy atom. The minimum absolute atomic E-state index is 0.0403. The van der Waals surface area contributed by atoms with E-state index in [9.17, 15) is 0 Å². The van der Waals surface area contributed by atoms with Crippen molar-refractivity contribution in [3.05, 3.63) is 113 Å². The summed E-state index contributed by atoms with van der Waals surface area (Å²) in [5.74, 6) is 1.10. The van der Waals surface area contributed by atoms with Gasteiger partial charge in [0.1, 0.15) is 0 Å². The van der Waals surface area contributed by atoms with E-state index in [4.69, 9.17) is 0 Å². The van der Waals surface area contributed by atoms with Gasteiger partial charge in [-0.3, -0.25) is 0 Å². The first kappa shape index (κ1) is 16.9. The summed E-state index contributed by atoms with van der Waals surface area (Å²) in [6, 6.07) is 24.6. The maximum atomic E-state index is 3.69. The molecule has 1 nitrogen and oxygen atoms in total. The molecule has 0 aromatic heterocycles. The summed E-state index contributed by atoms with van der Waals surface area (Å²) in [6.07, 6.45) is 8.21. The van der Waals surface area contributed by atoms with E-state index in [1.165, 1.54) is 44.8 Å². The van der Waals surface area contributed by atoms with Crippen molar-refractivity contribution in [2.75, 3.05) is 5.32 Å². The van der Waals surface area contributed by atoms with Crippen LogP contribution in [-0.4, -0.2) is 0 Å². The monoisotopic (exact) mass is 375 g/mol. The molecule has 0 radical (unpaired) electrons. The molecule has 2 unspecified atom stereocenters. The van der Waals surface area contributed by atoms with E-state index in [0.29, 0.717) is 11.8 Å². The van der Waals surface area contributed by atoms with E-state index in [0.717, 1.165) is 6.42 Å². The SMILES string of the molecule is CC1(C)c2ccccc2-c2ccc(NC3=CC4Cc5ccccc5C4C=C3)cc21. The van der Waals surface area contributed by atoms with Gasteiger partial charge in [0.25, 0.3) is 0 Å². The number of allylic oxidation sites excluding steroid dienone is 3. The molecule has 0 spiro atoms. The number of rotatable bonds is 2. The van der Waals surface area contributed by atoms with E-state index in [-0.39, 0.29) is 5.41 Å². The van der Waals surface area contributed by atoms with E-state index >= 15 is 0 Å². The van der Waals surface area contributed by atoms with Crippen LogP contribution in [0.15, 0.2) is 90.7 Å². The molecule has 3 aromatic carbocycles. The van der Waals surface area contributed by atoms with Crippen LogP contribution in [0, 0.1) is 5.92 Å². The zero-order valence-corrected chi connectivity index (χ0v) is 16.9. The van der Waals surface area contributed by atoms with Crippen LogP contribution in [0.5, 0.6) is 0 Å². The van der Waals surface area contributed by atoms with Crippen LogP contribution in [0.1, 0.15) is 42.0 Å². The van der Waals surface area contributed by atoms with Crippen LogP contribution < -0.4 is 5.32 Å². The standard InChI is InChI=1S/C28H25N/c1-28(2)26-10-6-5-9-24(26)25-14-12-21(17-27(25)28)29-20-11-13-23-19(16-20)15-18-7-3-4-8-22(18)23/h3-14,16-17,19,23,29H,15H2,1-2H3. The summed E-state index contributed by atoms with van der Waals surface area (Å²) in [7, 11) is 0. The molecule has 3 aliphatic carbocycles. The average Bonchev–Trinajstić information content (AvgIpc) is 3.21. The van der Waals surface area contributed by atoms with Gasteiger partial charge in [0.2, 0.25) is 0 Å². The summed E-state index contributed by atoms with van der Waals surface area (Å²) in [5.41, 5.74) is 11.0. The third kappa shape index (κ3) is 2.47. The highest BCUT2D eigenvalue weighted by atomic mass is 14.9. The van der Waals surface area contributed by atoms with Gasteiger partial charge in [-0.1, -0.05) is 80.6 Å². The molecule has 0 amide bonds. The van der Waals surface area contributed by atoms with Crippen LogP contribution in [0.3, 0.4) is 0 Å². The predicted octanol–water partition coefficient (Wildman–Crippen LogP) is 6.81. The van der Waals surface area contributed by atoms with E-state index < -0.39 is 0 Å². The van der Waals surface area contributed by atoms with Crippen molar-refractivity contribution in [1.82, 2.24) is 0 Å². The molecule has 0 aliphatic heterocycles. The zero-order valence-electron chi connectivity index (χ0n) is 16.9. The van der Waals surface area contributed by atoms with Gasteiger partial charge >= 0.3 is 0 Å². The number of benzene rings is 3. The Bertz CT molecular complexity index is 1190. The maximum absolute atomic E-state index is 3.69. The highest BCUT2D eigenvalue weighted by molar-refractivity contribution is 5.82. The van der Waals surface area contributed by atoms with Crippen molar-refractivity contribution in [1.29, 1.82) is 0 Å². The smallest absolute Gasteiger partial charge is 0.0387 e. The molecule has 3 aromatic rings. The van der Waals surface area contributed by atoms with Crippen molar-refractivity contribution in [3.63, 3.8) is 0 Å². The van der Waals surface area contributed by atoms with Crippen molar-refractivity contribution < 1.29 is 0 Å². The van der Waals surface area contributed by atoms with Crippen LogP contribution in [0.4, 0.5) is 5.69 Å². The van der Waals surface area contributed by atoms with E-state index in [1.54, 1.807) is 0 Å². The lowest BCUT2D eigenvalue weighted by Gasteiger charge is -2.23. The molecular formula is C28H25N. The normalized spacial score (nSPS) is 22.3. The summed E-state index contributed by atoms with van der Waals surface area (Å²) >= 11 is 0. The van der Waals surface area contributed by atoms with Gasteiger partial charge in [-0.15, -0.1) is 0 Å². The minimum atomic E-state index is 0.0403. The number of hydrogen-bond acceptors (Lipinski definition) is 1. The molecule has 0 saturated heterocycles. The third-order valence-corrected chi connectivity index (χ3v) is 7.08. The fourth-order valence-electron chi connectivity index (χ4n) is 5.59. The number of anilines is 1. The summed E-state index contributed by atoms with van der Waals surface area (Å²) < 4.78 is 0. The Morgan fingerprint density at radius 1 is 0.862 bits per heavy atom. The molecule has 1 N–H and O–H groups in total. The Kier molecular flexibility index (Phi) is 3.47. The lowest BCUT2D eigenvalue weighted by molar-refractivity contribution is 0.625. The van der Waals surface area contributed by atoms with E-state index in [2.05, 4.69) is 104 Å². The lowest BCUT2D eigenvalue weighted by Crippen LogP contribution is -2.15. The van der Waals surface area contributed by atoms with Crippen LogP contribution >= 0.6 is 0 Å². The first-order valence-corrected chi connectivity index (χ1v) is 10.6. The van der Waals surface area contributed by atoms with Crippen molar-refractivity contribution >= 4 is 5.69 Å². The fourth-order valence-corrected chi connectivity index (χ4v) is 5.59.